The van der Waals surface area contributed by atoms with Crippen LogP contribution < -0.4 is 10.5 Å². The number of aryl methyl sites for hydroxylation is 1. The molecular formula is C22H22N2O4. The molecule has 1 aromatic heterocycles. The molecule has 0 aliphatic carbocycles. The smallest absolute Gasteiger partial charge is 0.362 e. The van der Waals surface area contributed by atoms with E-state index in [4.69, 9.17) is 4.42 Å². The van der Waals surface area contributed by atoms with Crippen molar-refractivity contribution in [3.63, 3.8) is 0 Å². The third-order valence-electron chi connectivity index (χ3n) is 4.61. The quantitative estimate of drug-likeness (QED) is 0.394. The average Bonchev–Trinajstić information content (AvgIpc) is 2.69. The van der Waals surface area contributed by atoms with Gasteiger partial charge < -0.3 is 14.4 Å². The molecule has 0 spiro atoms. The summed E-state index contributed by atoms with van der Waals surface area (Å²) in [6.45, 7) is 7.66. The predicted octanol–water partition coefficient (Wildman–Crippen LogP) is 4.22. The van der Waals surface area contributed by atoms with Gasteiger partial charge in [0.05, 0.1) is 5.56 Å². The van der Waals surface area contributed by atoms with Gasteiger partial charge in [0.2, 0.25) is 0 Å². The zero-order chi connectivity index (χ0) is 20.3. The first-order valence-electron chi connectivity index (χ1n) is 9.12. The number of carbonyl (C=O) groups excluding carboxylic acids is 1. The van der Waals surface area contributed by atoms with Crippen LogP contribution in [0.2, 0.25) is 0 Å². The number of aliphatic imine (C=N–C) groups is 1. The second-order valence-corrected chi connectivity index (χ2v) is 6.48. The number of phenols is 1. The van der Waals surface area contributed by atoms with Crippen molar-refractivity contribution in [2.75, 3.05) is 18.0 Å². The Bertz CT molecular complexity index is 1110. The second kappa shape index (κ2) is 8.08. The van der Waals surface area contributed by atoms with Crippen molar-refractivity contribution in [1.29, 1.82) is 0 Å². The number of hydrogen-bond acceptors (Lipinski definition) is 6. The van der Waals surface area contributed by atoms with E-state index in [-0.39, 0.29) is 17.0 Å². The van der Waals surface area contributed by atoms with Gasteiger partial charge >= 0.3 is 5.63 Å². The molecule has 6 heteroatoms. The lowest BCUT2D eigenvalue weighted by Crippen LogP contribution is -2.21. The highest BCUT2D eigenvalue weighted by Crippen LogP contribution is 2.25. The van der Waals surface area contributed by atoms with E-state index in [1.54, 1.807) is 18.2 Å². The van der Waals surface area contributed by atoms with E-state index >= 15 is 0 Å². The van der Waals surface area contributed by atoms with Crippen LogP contribution >= 0.6 is 0 Å². The second-order valence-electron chi connectivity index (χ2n) is 6.48. The maximum Gasteiger partial charge on any atom is 0.362 e. The molecule has 6 nitrogen and oxygen atoms in total. The van der Waals surface area contributed by atoms with Crippen molar-refractivity contribution in [1.82, 2.24) is 0 Å². The van der Waals surface area contributed by atoms with Gasteiger partial charge in [0.1, 0.15) is 17.0 Å². The van der Waals surface area contributed by atoms with Crippen molar-refractivity contribution in [2.45, 2.75) is 20.8 Å². The number of carbonyl (C=O) groups is 1. The molecule has 0 unspecified atom stereocenters. The van der Waals surface area contributed by atoms with Crippen molar-refractivity contribution < 1.29 is 14.3 Å². The van der Waals surface area contributed by atoms with Crippen molar-refractivity contribution >= 4 is 34.8 Å². The Kier molecular flexibility index (Phi) is 5.59. The van der Waals surface area contributed by atoms with Crippen LogP contribution in [0.1, 0.15) is 35.3 Å². The molecule has 0 saturated carbocycles. The number of aldehydes is 1. The number of anilines is 1. The Morgan fingerprint density at radius 3 is 2.50 bits per heavy atom. The predicted molar refractivity (Wildman–Crippen MR) is 112 cm³/mol. The number of fused-ring (bicyclic) bond motifs is 1. The molecule has 3 aromatic rings. The van der Waals surface area contributed by atoms with Gasteiger partial charge in [-0.3, -0.25) is 4.79 Å². The molecule has 28 heavy (non-hydrogen) atoms. The highest BCUT2D eigenvalue weighted by Gasteiger charge is 2.09. The normalized spacial score (nSPS) is 11.2. The van der Waals surface area contributed by atoms with Crippen LogP contribution in [0, 0.1) is 6.92 Å². The molecule has 0 amide bonds. The highest BCUT2D eigenvalue weighted by molar-refractivity contribution is 5.92. The van der Waals surface area contributed by atoms with E-state index in [0.717, 1.165) is 29.7 Å². The SMILES string of the molecule is CCN(CC)c1ccc2cc(N=Cc3cc(C)cc(C=O)c3O)c(=O)oc2c1. The first kappa shape index (κ1) is 19.4. The minimum absolute atomic E-state index is 0.122. The molecule has 0 aliphatic rings. The van der Waals surface area contributed by atoms with Gasteiger partial charge in [0, 0.05) is 42.0 Å². The minimum atomic E-state index is -0.566. The number of hydrogen-bond donors (Lipinski definition) is 1. The van der Waals surface area contributed by atoms with Crippen LogP contribution in [-0.2, 0) is 0 Å². The molecule has 0 atom stereocenters. The summed E-state index contributed by atoms with van der Waals surface area (Å²) in [5.74, 6) is -0.168. The van der Waals surface area contributed by atoms with E-state index in [0.29, 0.717) is 17.4 Å². The molecule has 1 N–H and O–H groups in total. The maximum atomic E-state index is 12.3. The summed E-state index contributed by atoms with van der Waals surface area (Å²) < 4.78 is 5.45. The number of phenolic OH excluding ortho intramolecular Hbond substituents is 1. The summed E-state index contributed by atoms with van der Waals surface area (Å²) >= 11 is 0. The molecule has 0 radical (unpaired) electrons. The molecule has 0 fully saturated rings. The fraction of sp³-hybridized carbons (Fsp3) is 0.227. The lowest BCUT2D eigenvalue weighted by Gasteiger charge is -2.20. The van der Waals surface area contributed by atoms with Crippen LogP contribution in [0.3, 0.4) is 0 Å². The van der Waals surface area contributed by atoms with Crippen LogP contribution in [0.25, 0.3) is 11.0 Å². The zero-order valence-corrected chi connectivity index (χ0v) is 16.1. The van der Waals surface area contributed by atoms with Crippen molar-refractivity contribution in [3.8, 4) is 5.75 Å². The van der Waals surface area contributed by atoms with E-state index in [2.05, 4.69) is 23.7 Å². The Balaban J connectivity index is 2.01. The third kappa shape index (κ3) is 3.81. The summed E-state index contributed by atoms with van der Waals surface area (Å²) in [7, 11) is 0. The molecule has 3 rings (SSSR count). The number of nitrogens with zero attached hydrogens (tertiary/aromatic N) is 2. The summed E-state index contributed by atoms with van der Waals surface area (Å²) in [6, 6.07) is 10.6. The largest absolute Gasteiger partial charge is 0.507 e. The lowest BCUT2D eigenvalue weighted by molar-refractivity contribution is 0.112. The van der Waals surface area contributed by atoms with Gasteiger partial charge in [-0.25, -0.2) is 9.79 Å². The van der Waals surface area contributed by atoms with E-state index in [1.165, 1.54) is 6.21 Å². The summed E-state index contributed by atoms with van der Waals surface area (Å²) in [4.78, 5) is 29.7. The van der Waals surface area contributed by atoms with E-state index < -0.39 is 5.63 Å². The third-order valence-corrected chi connectivity index (χ3v) is 4.61. The first-order valence-corrected chi connectivity index (χ1v) is 9.12. The maximum absolute atomic E-state index is 12.3. The summed E-state index contributed by atoms with van der Waals surface area (Å²) in [5, 5.41) is 10.9. The minimum Gasteiger partial charge on any atom is -0.507 e. The van der Waals surface area contributed by atoms with Gasteiger partial charge in [-0.1, -0.05) is 0 Å². The van der Waals surface area contributed by atoms with Crippen molar-refractivity contribution in [3.05, 3.63) is 63.5 Å². The zero-order valence-electron chi connectivity index (χ0n) is 16.1. The van der Waals surface area contributed by atoms with Crippen LogP contribution in [0.4, 0.5) is 11.4 Å². The molecule has 144 valence electrons. The topological polar surface area (TPSA) is 83.1 Å². The highest BCUT2D eigenvalue weighted by atomic mass is 16.4. The molecule has 1 heterocycles. The molecule has 0 saturated heterocycles. The Labute approximate surface area is 162 Å². The summed E-state index contributed by atoms with van der Waals surface area (Å²) in [5.41, 5.74) is 2.38. The Morgan fingerprint density at radius 2 is 1.82 bits per heavy atom. The molecule has 0 aliphatic heterocycles. The number of benzene rings is 2. The van der Waals surface area contributed by atoms with Gasteiger partial charge in [0.25, 0.3) is 0 Å². The first-order chi connectivity index (χ1) is 13.5. The Hall–Kier alpha value is -3.41. The lowest BCUT2D eigenvalue weighted by atomic mass is 10.1. The number of rotatable bonds is 6. The van der Waals surface area contributed by atoms with Gasteiger partial charge in [-0.15, -0.1) is 0 Å². The van der Waals surface area contributed by atoms with E-state index in [9.17, 15) is 14.7 Å². The fourth-order valence-electron chi connectivity index (χ4n) is 3.13. The number of aromatic hydroxyl groups is 1. The molecular weight excluding hydrogens is 356 g/mol. The molecule has 2 aromatic carbocycles. The molecule has 0 bridgehead atoms. The van der Waals surface area contributed by atoms with Gasteiger partial charge in [-0.05, 0) is 56.7 Å². The monoisotopic (exact) mass is 378 g/mol. The van der Waals surface area contributed by atoms with Gasteiger partial charge in [-0.2, -0.15) is 0 Å². The standard InChI is InChI=1S/C22H22N2O4/c1-4-24(5-2)18-7-6-15-10-19(22(27)28-20(15)11-18)23-12-16-8-14(3)9-17(13-25)21(16)26/h6-13,26H,4-5H2,1-3H3. The average molecular weight is 378 g/mol. The fourth-order valence-corrected chi connectivity index (χ4v) is 3.13. The Morgan fingerprint density at radius 1 is 1.11 bits per heavy atom. The van der Waals surface area contributed by atoms with Crippen molar-refractivity contribution in [2.24, 2.45) is 4.99 Å². The van der Waals surface area contributed by atoms with Crippen LogP contribution in [-0.4, -0.2) is 30.7 Å². The van der Waals surface area contributed by atoms with Crippen LogP contribution in [0.5, 0.6) is 5.75 Å². The van der Waals surface area contributed by atoms with Gasteiger partial charge in [0.15, 0.2) is 6.29 Å². The van der Waals surface area contributed by atoms with E-state index in [1.807, 2.05) is 25.1 Å². The van der Waals surface area contributed by atoms with Crippen LogP contribution in [0.15, 0.2) is 50.6 Å². The summed E-state index contributed by atoms with van der Waals surface area (Å²) in [6.07, 6.45) is 1.94.